The van der Waals surface area contributed by atoms with Gasteiger partial charge in [-0.2, -0.15) is 4.72 Å². The summed E-state index contributed by atoms with van der Waals surface area (Å²) in [6, 6.07) is 0.690. The first-order chi connectivity index (χ1) is 9.61. The van der Waals surface area contributed by atoms with Crippen molar-refractivity contribution in [2.45, 2.75) is 38.6 Å². The molecule has 2 N–H and O–H groups in total. The van der Waals surface area contributed by atoms with E-state index in [0.29, 0.717) is 22.7 Å². The van der Waals surface area contributed by atoms with E-state index in [1.54, 1.807) is 26.8 Å². The molecule has 0 saturated carbocycles. The number of benzene rings is 1. The summed E-state index contributed by atoms with van der Waals surface area (Å²) in [7, 11) is -3.96. The maximum atomic E-state index is 12.5. The molecule has 0 fully saturated rings. The third kappa shape index (κ3) is 4.10. The lowest BCUT2D eigenvalue weighted by atomic mass is 10.2. The van der Waals surface area contributed by atoms with Crippen molar-refractivity contribution in [1.29, 1.82) is 0 Å². The van der Waals surface area contributed by atoms with Gasteiger partial charge in [-0.25, -0.2) is 8.42 Å². The van der Waals surface area contributed by atoms with E-state index in [1.165, 1.54) is 6.92 Å². The van der Waals surface area contributed by atoms with Gasteiger partial charge in [-0.3, -0.25) is 4.79 Å². The number of halogens is 2. The van der Waals surface area contributed by atoms with Gasteiger partial charge in [0.1, 0.15) is 4.90 Å². The number of rotatable bonds is 5. The zero-order valence-electron chi connectivity index (χ0n) is 12.3. The highest BCUT2D eigenvalue weighted by Gasteiger charge is 2.27. The van der Waals surface area contributed by atoms with E-state index in [1.807, 2.05) is 0 Å². The van der Waals surface area contributed by atoms with Crippen molar-refractivity contribution >= 4 is 39.1 Å². The molecule has 1 atom stereocenters. The first-order valence-corrected chi connectivity index (χ1v) is 8.61. The minimum atomic E-state index is -3.96. The summed E-state index contributed by atoms with van der Waals surface area (Å²) < 4.78 is 27.2. The monoisotopic (exact) mass is 352 g/mol. The number of aryl methyl sites for hydroxylation is 1. The molecular formula is C13H18Cl2N2O3S. The molecule has 1 rings (SSSR count). The molecule has 0 unspecified atom stereocenters. The lowest BCUT2D eigenvalue weighted by Gasteiger charge is -2.17. The van der Waals surface area contributed by atoms with E-state index in [4.69, 9.17) is 23.2 Å². The van der Waals surface area contributed by atoms with Crippen LogP contribution in [0.5, 0.6) is 0 Å². The first-order valence-electron chi connectivity index (χ1n) is 6.37. The van der Waals surface area contributed by atoms with Crippen LogP contribution in [0.25, 0.3) is 0 Å². The van der Waals surface area contributed by atoms with Gasteiger partial charge in [0, 0.05) is 11.6 Å². The Balaban J connectivity index is 3.24. The molecule has 118 valence electrons. The highest BCUT2D eigenvalue weighted by molar-refractivity contribution is 7.89. The molecule has 0 aliphatic heterocycles. The quantitative estimate of drug-likeness (QED) is 0.854. The average molecular weight is 353 g/mol. The van der Waals surface area contributed by atoms with Crippen molar-refractivity contribution in [3.05, 3.63) is 27.2 Å². The molecule has 0 aliphatic carbocycles. The summed E-state index contributed by atoms with van der Waals surface area (Å²) >= 11 is 12.1. The number of carbonyl (C=O) groups excluding carboxylic acids is 1. The van der Waals surface area contributed by atoms with Gasteiger partial charge in [0.2, 0.25) is 15.9 Å². The van der Waals surface area contributed by atoms with Crippen molar-refractivity contribution < 1.29 is 13.2 Å². The predicted octanol–water partition coefficient (Wildman–Crippen LogP) is 2.41. The molecule has 0 bridgehead atoms. The third-order valence-electron chi connectivity index (χ3n) is 2.93. The van der Waals surface area contributed by atoms with Crippen LogP contribution in [-0.2, 0) is 14.8 Å². The maximum Gasteiger partial charge on any atom is 0.243 e. The molecule has 8 heteroatoms. The van der Waals surface area contributed by atoms with Gasteiger partial charge in [0.15, 0.2) is 0 Å². The predicted molar refractivity (Wildman–Crippen MR) is 84.4 cm³/mol. The largest absolute Gasteiger partial charge is 0.355 e. The van der Waals surface area contributed by atoms with Gasteiger partial charge in [-0.15, -0.1) is 0 Å². The molecule has 0 radical (unpaired) electrons. The molecule has 0 aromatic heterocycles. The fourth-order valence-electron chi connectivity index (χ4n) is 1.81. The first kappa shape index (κ1) is 18.2. The van der Waals surface area contributed by atoms with E-state index in [2.05, 4.69) is 10.0 Å². The van der Waals surface area contributed by atoms with Crippen molar-refractivity contribution in [3.63, 3.8) is 0 Å². The van der Waals surface area contributed by atoms with Crippen LogP contribution >= 0.6 is 23.2 Å². The summed E-state index contributed by atoms with van der Waals surface area (Å²) in [6.07, 6.45) is 0. The van der Waals surface area contributed by atoms with Gasteiger partial charge in [-0.1, -0.05) is 23.2 Å². The number of hydrogen-bond donors (Lipinski definition) is 2. The molecule has 0 heterocycles. The minimum Gasteiger partial charge on any atom is -0.355 e. The van der Waals surface area contributed by atoms with Crippen LogP contribution in [0, 0.1) is 13.8 Å². The zero-order valence-corrected chi connectivity index (χ0v) is 14.6. The fraction of sp³-hybridized carbons (Fsp3) is 0.462. The summed E-state index contributed by atoms with van der Waals surface area (Å²) in [5.74, 6) is -0.409. The molecule has 0 spiro atoms. The summed E-state index contributed by atoms with van der Waals surface area (Å²) in [5.41, 5.74) is 0.904. The summed E-state index contributed by atoms with van der Waals surface area (Å²) in [6.45, 7) is 6.86. The summed E-state index contributed by atoms with van der Waals surface area (Å²) in [4.78, 5) is 11.6. The molecule has 0 saturated heterocycles. The Morgan fingerprint density at radius 1 is 1.33 bits per heavy atom. The Labute approximate surface area is 135 Å². The molecule has 1 amide bonds. The third-order valence-corrected chi connectivity index (χ3v) is 5.64. The number of carbonyl (C=O) groups is 1. The highest BCUT2D eigenvalue weighted by atomic mass is 35.5. The lowest BCUT2D eigenvalue weighted by Crippen LogP contribution is -2.44. The summed E-state index contributed by atoms with van der Waals surface area (Å²) in [5, 5.41) is 2.96. The minimum absolute atomic E-state index is 0.0923. The van der Waals surface area contributed by atoms with Crippen LogP contribution in [0.2, 0.25) is 10.0 Å². The van der Waals surface area contributed by atoms with Crippen molar-refractivity contribution in [1.82, 2.24) is 10.0 Å². The number of hydrogen-bond acceptors (Lipinski definition) is 3. The second-order valence-electron chi connectivity index (χ2n) is 4.68. The maximum absolute atomic E-state index is 12.5. The normalized spacial score (nSPS) is 13.0. The van der Waals surface area contributed by atoms with Crippen LogP contribution in [-0.4, -0.2) is 26.9 Å². The lowest BCUT2D eigenvalue weighted by molar-refractivity contribution is -0.122. The van der Waals surface area contributed by atoms with E-state index in [-0.39, 0.29) is 9.92 Å². The Bertz CT molecular complexity index is 634. The number of likely N-dealkylation sites (N-methyl/N-ethyl adjacent to an activating group) is 1. The van der Waals surface area contributed by atoms with E-state index >= 15 is 0 Å². The Kier molecular flexibility index (Phi) is 6.04. The van der Waals surface area contributed by atoms with Gasteiger partial charge in [0.05, 0.1) is 11.1 Å². The smallest absolute Gasteiger partial charge is 0.243 e. The van der Waals surface area contributed by atoms with E-state index < -0.39 is 22.0 Å². The second kappa shape index (κ2) is 6.96. The van der Waals surface area contributed by atoms with Crippen molar-refractivity contribution in [2.24, 2.45) is 0 Å². The molecular weight excluding hydrogens is 335 g/mol. The Morgan fingerprint density at radius 2 is 1.90 bits per heavy atom. The van der Waals surface area contributed by atoms with E-state index in [9.17, 15) is 13.2 Å². The zero-order chi connectivity index (χ0) is 16.4. The van der Waals surface area contributed by atoms with Crippen molar-refractivity contribution in [3.8, 4) is 0 Å². The van der Waals surface area contributed by atoms with E-state index in [0.717, 1.165) is 0 Å². The number of sulfonamides is 1. The second-order valence-corrected chi connectivity index (χ2v) is 7.12. The van der Waals surface area contributed by atoms with Gasteiger partial charge < -0.3 is 5.32 Å². The highest BCUT2D eigenvalue weighted by Crippen LogP contribution is 2.33. The molecule has 0 aliphatic rings. The van der Waals surface area contributed by atoms with Crippen LogP contribution < -0.4 is 10.0 Å². The van der Waals surface area contributed by atoms with Crippen molar-refractivity contribution in [2.75, 3.05) is 6.54 Å². The number of nitrogens with one attached hydrogen (secondary N) is 2. The molecule has 21 heavy (non-hydrogen) atoms. The van der Waals surface area contributed by atoms with Gasteiger partial charge in [0.25, 0.3) is 0 Å². The van der Waals surface area contributed by atoms with Crippen LogP contribution in [0.4, 0.5) is 0 Å². The topological polar surface area (TPSA) is 75.3 Å². The van der Waals surface area contributed by atoms with Gasteiger partial charge in [-0.05, 0) is 44.9 Å². The average Bonchev–Trinajstić information content (AvgIpc) is 2.36. The Morgan fingerprint density at radius 3 is 2.43 bits per heavy atom. The standard InChI is InChI=1S/C13H18Cl2N2O3S/c1-5-16-13(18)9(4)17-21(19,20)12-8(3)10(14)6-7(2)11(12)15/h6,9,17H,5H2,1-4H3,(H,16,18)/t9-/m0/s1. The van der Waals surface area contributed by atoms with Crippen LogP contribution in [0.3, 0.4) is 0 Å². The van der Waals surface area contributed by atoms with Gasteiger partial charge >= 0.3 is 0 Å². The molecule has 1 aromatic carbocycles. The fourth-order valence-corrected chi connectivity index (χ4v) is 4.22. The molecule has 1 aromatic rings. The van der Waals surface area contributed by atoms with Crippen LogP contribution in [0.1, 0.15) is 25.0 Å². The molecule has 5 nitrogen and oxygen atoms in total. The SMILES string of the molecule is CCNC(=O)[C@H](C)NS(=O)(=O)c1c(C)c(Cl)cc(C)c1Cl. The number of amides is 1. The Hall–Kier alpha value is -0.820. The van der Waals surface area contributed by atoms with Crippen LogP contribution in [0.15, 0.2) is 11.0 Å².